The Morgan fingerprint density at radius 2 is 1.81 bits per heavy atom. The molecule has 8 heteroatoms. The van der Waals surface area contributed by atoms with Gasteiger partial charge in [-0.3, -0.25) is 14.9 Å². The summed E-state index contributed by atoms with van der Waals surface area (Å²) >= 11 is 0. The highest BCUT2D eigenvalue weighted by molar-refractivity contribution is 5.82. The number of hydrogen-bond acceptors (Lipinski definition) is 4. The van der Waals surface area contributed by atoms with Gasteiger partial charge < -0.3 is 5.32 Å². The fraction of sp³-hybridized carbons (Fsp3) is 0.348. The summed E-state index contributed by atoms with van der Waals surface area (Å²) in [5, 5.41) is 13.4. The summed E-state index contributed by atoms with van der Waals surface area (Å²) in [6.45, 7) is 3.33. The molecule has 0 aliphatic carbocycles. The van der Waals surface area contributed by atoms with E-state index < -0.39 is 24.2 Å². The zero-order valence-electron chi connectivity index (χ0n) is 17.2. The van der Waals surface area contributed by atoms with Crippen LogP contribution in [0, 0.1) is 17.2 Å². The summed E-state index contributed by atoms with van der Waals surface area (Å²) in [5.74, 6) is -0.682. The molecule has 1 amide bonds. The number of rotatable bonds is 9. The van der Waals surface area contributed by atoms with Crippen molar-refractivity contribution in [3.8, 4) is 17.2 Å². The van der Waals surface area contributed by atoms with Gasteiger partial charge in [-0.05, 0) is 35.1 Å². The molecule has 0 heterocycles. The Balaban J connectivity index is 2.31. The van der Waals surface area contributed by atoms with Gasteiger partial charge in [-0.25, -0.2) is 0 Å². The Labute approximate surface area is 179 Å². The van der Waals surface area contributed by atoms with E-state index in [0.29, 0.717) is 23.0 Å². The Morgan fingerprint density at radius 1 is 1.13 bits per heavy atom. The fourth-order valence-electron chi connectivity index (χ4n) is 3.21. The van der Waals surface area contributed by atoms with E-state index in [9.17, 15) is 22.8 Å². The first-order valence-corrected chi connectivity index (χ1v) is 9.78. The molecule has 2 aromatic rings. The highest BCUT2D eigenvalue weighted by Crippen LogP contribution is 2.34. The number of alkyl halides is 3. The molecule has 0 radical (unpaired) electrons. The summed E-state index contributed by atoms with van der Waals surface area (Å²) in [7, 11) is 0. The van der Waals surface area contributed by atoms with Gasteiger partial charge in [0.2, 0.25) is 5.91 Å². The van der Waals surface area contributed by atoms with Crippen LogP contribution in [-0.2, 0) is 4.79 Å². The predicted octanol–water partition coefficient (Wildman–Crippen LogP) is 4.41. The monoisotopic (exact) mass is 431 g/mol. The number of nitrogens with zero attached hydrogens (tertiary/aromatic N) is 1. The van der Waals surface area contributed by atoms with Crippen LogP contribution in [0.15, 0.2) is 48.5 Å². The van der Waals surface area contributed by atoms with Gasteiger partial charge >= 0.3 is 6.18 Å². The molecule has 31 heavy (non-hydrogen) atoms. The van der Waals surface area contributed by atoms with Crippen molar-refractivity contribution in [3.05, 3.63) is 59.7 Å². The van der Waals surface area contributed by atoms with E-state index in [1.165, 1.54) is 12.1 Å². The summed E-state index contributed by atoms with van der Waals surface area (Å²) in [6, 6.07) is 11.1. The second kappa shape index (κ2) is 10.7. The first kappa shape index (κ1) is 24.1. The molecule has 5 nitrogen and oxygen atoms in total. The predicted molar refractivity (Wildman–Crippen MR) is 111 cm³/mol. The summed E-state index contributed by atoms with van der Waals surface area (Å²) in [4.78, 5) is 23.3. The second-order valence-electron chi connectivity index (χ2n) is 7.56. The van der Waals surface area contributed by atoms with E-state index in [-0.39, 0.29) is 24.4 Å². The smallest absolute Gasteiger partial charge is 0.342 e. The van der Waals surface area contributed by atoms with Crippen LogP contribution in [-0.4, -0.2) is 31.0 Å². The van der Waals surface area contributed by atoms with Gasteiger partial charge in [0.05, 0.1) is 12.1 Å². The van der Waals surface area contributed by atoms with E-state index in [1.807, 2.05) is 0 Å². The van der Waals surface area contributed by atoms with Crippen molar-refractivity contribution in [1.29, 1.82) is 5.26 Å². The Hall–Kier alpha value is -3.18. The third kappa shape index (κ3) is 6.93. The van der Waals surface area contributed by atoms with Gasteiger partial charge in [0.15, 0.2) is 0 Å². The number of carbonyl (C=O) groups is 2. The molecule has 0 aliphatic rings. The largest absolute Gasteiger partial charge is 0.407 e. The molecule has 0 spiro atoms. The molecular formula is C23H24F3N3O2. The van der Waals surface area contributed by atoms with Crippen LogP contribution in [0.5, 0.6) is 0 Å². The molecule has 0 saturated carbocycles. The number of carbonyl (C=O) groups excluding carboxylic acids is 2. The minimum absolute atomic E-state index is 0.0355. The maximum Gasteiger partial charge on any atom is 0.407 e. The number of halogens is 3. The number of nitrogens with one attached hydrogen (secondary N) is 2. The Kier molecular flexibility index (Phi) is 8.34. The van der Waals surface area contributed by atoms with E-state index in [0.717, 1.165) is 0 Å². The summed E-state index contributed by atoms with van der Waals surface area (Å²) < 4.78 is 41.6. The lowest BCUT2D eigenvalue weighted by Gasteiger charge is -2.28. The normalized spacial score (nSPS) is 13.3. The summed E-state index contributed by atoms with van der Waals surface area (Å²) in [5.41, 5.74) is 1.81. The second-order valence-corrected chi connectivity index (χ2v) is 7.56. The summed E-state index contributed by atoms with van der Waals surface area (Å²) in [6.07, 6.45) is -3.75. The number of benzene rings is 2. The van der Waals surface area contributed by atoms with Gasteiger partial charge in [-0.15, -0.1) is 0 Å². The van der Waals surface area contributed by atoms with Gasteiger partial charge in [-0.2, -0.15) is 18.4 Å². The maximum atomic E-state index is 13.9. The first-order chi connectivity index (χ1) is 14.7. The van der Waals surface area contributed by atoms with E-state index >= 15 is 0 Å². The fourth-order valence-corrected chi connectivity index (χ4v) is 3.21. The van der Waals surface area contributed by atoms with Gasteiger partial charge in [0.1, 0.15) is 18.9 Å². The highest BCUT2D eigenvalue weighted by atomic mass is 19.4. The average molecular weight is 431 g/mol. The van der Waals surface area contributed by atoms with Gasteiger partial charge in [-0.1, -0.05) is 56.3 Å². The molecule has 164 valence electrons. The molecule has 0 saturated heterocycles. The lowest BCUT2D eigenvalue weighted by atomic mass is 9.97. The molecule has 2 atom stereocenters. The number of nitriles is 1. The number of aldehydes is 1. The van der Waals surface area contributed by atoms with E-state index in [2.05, 4.69) is 10.6 Å². The zero-order chi connectivity index (χ0) is 23.0. The minimum atomic E-state index is -4.64. The number of amides is 1. The molecule has 2 rings (SSSR count). The number of hydrogen-bond donors (Lipinski definition) is 2. The van der Waals surface area contributed by atoms with Crippen LogP contribution in [0.1, 0.15) is 42.2 Å². The molecule has 2 N–H and O–H groups in total. The molecule has 2 aromatic carbocycles. The van der Waals surface area contributed by atoms with E-state index in [1.54, 1.807) is 56.3 Å². The molecule has 0 bridgehead atoms. The molecule has 0 aliphatic heterocycles. The lowest BCUT2D eigenvalue weighted by molar-refractivity contribution is -0.161. The van der Waals surface area contributed by atoms with Crippen LogP contribution < -0.4 is 10.6 Å². The minimum Gasteiger partial charge on any atom is -0.342 e. The van der Waals surface area contributed by atoms with Crippen LogP contribution in [0.4, 0.5) is 13.2 Å². The van der Waals surface area contributed by atoms with Crippen LogP contribution in [0.25, 0.3) is 11.1 Å². The molecule has 0 fully saturated rings. The van der Waals surface area contributed by atoms with Gasteiger partial charge in [0, 0.05) is 5.56 Å². The van der Waals surface area contributed by atoms with Crippen molar-refractivity contribution in [2.24, 2.45) is 5.92 Å². The van der Waals surface area contributed by atoms with Crippen LogP contribution in [0.2, 0.25) is 0 Å². The standard InChI is InChI=1S/C23H24F3N3O2/c1-15(2)12-20(22(31)28-11-10-27)29-21(23(24,25)26)18-8-6-17(7-9-18)19-5-3-4-16(13-19)14-30/h3-9,13-15,20-21,29H,11-12H2,1-2H3,(H,28,31)/t20-,21-/m0/s1. The molecule has 0 unspecified atom stereocenters. The van der Waals surface area contributed by atoms with Crippen LogP contribution in [0.3, 0.4) is 0 Å². The van der Waals surface area contributed by atoms with Crippen molar-refractivity contribution in [2.75, 3.05) is 6.54 Å². The lowest BCUT2D eigenvalue weighted by Crippen LogP contribution is -2.49. The molecular weight excluding hydrogens is 407 g/mol. The Morgan fingerprint density at radius 3 is 2.35 bits per heavy atom. The maximum absolute atomic E-state index is 13.9. The van der Waals surface area contributed by atoms with Crippen molar-refractivity contribution in [3.63, 3.8) is 0 Å². The first-order valence-electron chi connectivity index (χ1n) is 9.78. The third-order valence-electron chi connectivity index (χ3n) is 4.66. The van der Waals surface area contributed by atoms with Crippen molar-refractivity contribution >= 4 is 12.2 Å². The SMILES string of the molecule is CC(C)C[C@H](N[C@@H](c1ccc(-c2cccc(C=O)c2)cc1)C(F)(F)F)C(=O)NCC#N. The zero-order valence-corrected chi connectivity index (χ0v) is 17.2. The van der Waals surface area contributed by atoms with Crippen molar-refractivity contribution < 1.29 is 22.8 Å². The highest BCUT2D eigenvalue weighted by Gasteiger charge is 2.42. The third-order valence-corrected chi connectivity index (χ3v) is 4.66. The Bertz CT molecular complexity index is 934. The topological polar surface area (TPSA) is 82.0 Å². The van der Waals surface area contributed by atoms with Crippen LogP contribution >= 0.6 is 0 Å². The van der Waals surface area contributed by atoms with Crippen molar-refractivity contribution in [2.45, 2.75) is 38.5 Å². The quantitative estimate of drug-likeness (QED) is 0.455. The van der Waals surface area contributed by atoms with E-state index in [4.69, 9.17) is 5.26 Å². The average Bonchev–Trinajstić information content (AvgIpc) is 2.74. The van der Waals surface area contributed by atoms with Gasteiger partial charge in [0.25, 0.3) is 0 Å². The van der Waals surface area contributed by atoms with Crippen molar-refractivity contribution in [1.82, 2.24) is 10.6 Å². The molecule has 0 aromatic heterocycles.